The number of rotatable bonds is 10. The van der Waals surface area contributed by atoms with E-state index in [1.807, 2.05) is 12.4 Å². The highest BCUT2D eigenvalue weighted by Crippen LogP contribution is 2.33. The first kappa shape index (κ1) is 21.0. The normalized spacial score (nSPS) is 19.6. The molecule has 28 heavy (non-hydrogen) atoms. The second-order valence-electron chi connectivity index (χ2n) is 8.76. The van der Waals surface area contributed by atoms with Crippen LogP contribution >= 0.6 is 0 Å². The first-order valence-corrected chi connectivity index (χ1v) is 11.7. The Bertz CT molecular complexity index is 667. The van der Waals surface area contributed by atoms with E-state index >= 15 is 0 Å². The summed E-state index contributed by atoms with van der Waals surface area (Å²) in [6, 6.07) is 8.95. The predicted octanol–water partition coefficient (Wildman–Crippen LogP) is 7.42. The minimum atomic E-state index is 0.886. The van der Waals surface area contributed by atoms with Gasteiger partial charge in [0, 0.05) is 24.4 Å². The summed E-state index contributed by atoms with van der Waals surface area (Å²) in [4.78, 5) is 9.31. The van der Waals surface area contributed by atoms with Gasteiger partial charge in [0.25, 0.3) is 0 Å². The summed E-state index contributed by atoms with van der Waals surface area (Å²) in [6.07, 6.45) is 19.8. The molecule has 0 amide bonds. The van der Waals surface area contributed by atoms with Gasteiger partial charge in [0.2, 0.25) is 0 Å². The van der Waals surface area contributed by atoms with Gasteiger partial charge in [-0.2, -0.15) is 0 Å². The zero-order chi connectivity index (χ0) is 19.6. The first-order valence-electron chi connectivity index (χ1n) is 11.7. The van der Waals surface area contributed by atoms with Gasteiger partial charge in [-0.15, -0.1) is 0 Å². The Kier molecular flexibility index (Phi) is 8.51. The molecular weight excluding hydrogens is 340 g/mol. The van der Waals surface area contributed by atoms with Crippen molar-refractivity contribution in [1.29, 1.82) is 0 Å². The number of unbranched alkanes of at least 4 members (excludes halogenated alkanes) is 2. The van der Waals surface area contributed by atoms with Crippen molar-refractivity contribution < 1.29 is 0 Å². The maximum Gasteiger partial charge on any atom is 0.128 e. The number of aromatic nitrogens is 2. The molecule has 1 fully saturated rings. The Balaban J connectivity index is 1.46. The van der Waals surface area contributed by atoms with Gasteiger partial charge in [-0.3, -0.25) is 0 Å². The van der Waals surface area contributed by atoms with Crippen LogP contribution in [0.4, 0.5) is 0 Å². The molecule has 2 heteroatoms. The Hall–Kier alpha value is -1.70. The Morgan fingerprint density at radius 3 is 1.96 bits per heavy atom. The zero-order valence-corrected chi connectivity index (χ0v) is 18.0. The third-order valence-corrected chi connectivity index (χ3v) is 6.50. The Morgan fingerprint density at radius 2 is 1.36 bits per heavy atom. The van der Waals surface area contributed by atoms with Crippen LogP contribution in [0.3, 0.4) is 0 Å². The molecule has 152 valence electrons. The summed E-state index contributed by atoms with van der Waals surface area (Å²) in [5, 5.41) is 0. The molecule has 1 aliphatic carbocycles. The minimum Gasteiger partial charge on any atom is -0.241 e. The molecule has 0 N–H and O–H groups in total. The summed E-state index contributed by atoms with van der Waals surface area (Å²) in [7, 11) is 0. The molecule has 3 rings (SSSR count). The van der Waals surface area contributed by atoms with Crippen LogP contribution in [0.15, 0.2) is 36.7 Å². The lowest BCUT2D eigenvalue weighted by Crippen LogP contribution is -2.15. The SMILES string of the molecule is CCCCCc1ccc(-c2cnc(CCC3CCC(CCC)CC3)nc2)cc1. The zero-order valence-electron chi connectivity index (χ0n) is 18.0. The Morgan fingerprint density at radius 1 is 0.714 bits per heavy atom. The molecule has 2 nitrogen and oxygen atoms in total. The highest BCUT2D eigenvalue weighted by atomic mass is 14.9. The highest BCUT2D eigenvalue weighted by Gasteiger charge is 2.20. The van der Waals surface area contributed by atoms with Crippen molar-refractivity contribution in [3.63, 3.8) is 0 Å². The fraction of sp³-hybridized carbons (Fsp3) is 0.615. The largest absolute Gasteiger partial charge is 0.241 e. The minimum absolute atomic E-state index is 0.886. The van der Waals surface area contributed by atoms with E-state index in [4.69, 9.17) is 0 Å². The first-order chi connectivity index (χ1) is 13.8. The molecule has 0 unspecified atom stereocenters. The molecule has 0 spiro atoms. The second kappa shape index (κ2) is 11.3. The van der Waals surface area contributed by atoms with Gasteiger partial charge >= 0.3 is 0 Å². The van der Waals surface area contributed by atoms with Crippen LogP contribution in [0.5, 0.6) is 0 Å². The van der Waals surface area contributed by atoms with Gasteiger partial charge in [-0.25, -0.2) is 9.97 Å². The van der Waals surface area contributed by atoms with E-state index in [1.165, 1.54) is 81.8 Å². The van der Waals surface area contributed by atoms with E-state index in [1.54, 1.807) is 0 Å². The van der Waals surface area contributed by atoms with Crippen molar-refractivity contribution in [3.05, 3.63) is 48.0 Å². The van der Waals surface area contributed by atoms with Crippen molar-refractivity contribution in [1.82, 2.24) is 9.97 Å². The van der Waals surface area contributed by atoms with Gasteiger partial charge in [0.1, 0.15) is 5.82 Å². The third-order valence-electron chi connectivity index (χ3n) is 6.50. The fourth-order valence-corrected chi connectivity index (χ4v) is 4.63. The van der Waals surface area contributed by atoms with Gasteiger partial charge in [0.05, 0.1) is 0 Å². The van der Waals surface area contributed by atoms with E-state index < -0.39 is 0 Å². The maximum absolute atomic E-state index is 4.66. The lowest BCUT2D eigenvalue weighted by atomic mass is 9.78. The van der Waals surface area contributed by atoms with E-state index in [0.29, 0.717) is 0 Å². The van der Waals surface area contributed by atoms with Crippen LogP contribution < -0.4 is 0 Å². The molecule has 0 atom stereocenters. The van der Waals surface area contributed by atoms with Crippen molar-refractivity contribution in [3.8, 4) is 11.1 Å². The lowest BCUT2D eigenvalue weighted by molar-refractivity contribution is 0.251. The van der Waals surface area contributed by atoms with Crippen molar-refractivity contribution in [2.45, 2.75) is 90.9 Å². The van der Waals surface area contributed by atoms with E-state index in [-0.39, 0.29) is 0 Å². The number of hydrogen-bond donors (Lipinski definition) is 0. The third kappa shape index (κ3) is 6.43. The van der Waals surface area contributed by atoms with Crippen LogP contribution in [-0.2, 0) is 12.8 Å². The maximum atomic E-state index is 4.66. The van der Waals surface area contributed by atoms with Crippen molar-refractivity contribution >= 4 is 0 Å². The summed E-state index contributed by atoms with van der Waals surface area (Å²) in [6.45, 7) is 4.57. The standard InChI is InChI=1S/C26H38N2/c1-3-5-6-8-22-13-16-24(17-14-22)25-19-27-26(28-20-25)18-15-23-11-9-21(7-4-2)10-12-23/h13-14,16-17,19-21,23H,3-12,15,18H2,1-2H3. The average Bonchev–Trinajstić information content (AvgIpc) is 2.75. The lowest BCUT2D eigenvalue weighted by Gasteiger charge is -2.28. The van der Waals surface area contributed by atoms with Gasteiger partial charge in [-0.1, -0.05) is 89.5 Å². The van der Waals surface area contributed by atoms with E-state index in [9.17, 15) is 0 Å². The topological polar surface area (TPSA) is 25.8 Å². The molecular formula is C26H38N2. The van der Waals surface area contributed by atoms with Crippen LogP contribution in [0.1, 0.15) is 89.4 Å². The second-order valence-corrected chi connectivity index (χ2v) is 8.76. The van der Waals surface area contributed by atoms with Crippen LogP contribution in [-0.4, -0.2) is 9.97 Å². The molecule has 1 aromatic carbocycles. The molecule has 1 aliphatic rings. The molecule has 1 heterocycles. The summed E-state index contributed by atoms with van der Waals surface area (Å²) < 4.78 is 0. The number of benzene rings is 1. The quantitative estimate of drug-likeness (QED) is 0.402. The smallest absolute Gasteiger partial charge is 0.128 e. The van der Waals surface area contributed by atoms with E-state index in [0.717, 1.165) is 29.6 Å². The summed E-state index contributed by atoms with van der Waals surface area (Å²) in [5.41, 5.74) is 3.78. The van der Waals surface area contributed by atoms with Gasteiger partial charge < -0.3 is 0 Å². The molecule has 2 aromatic rings. The Labute approximate surface area is 172 Å². The van der Waals surface area contributed by atoms with E-state index in [2.05, 4.69) is 48.1 Å². The van der Waals surface area contributed by atoms with Crippen LogP contribution in [0.25, 0.3) is 11.1 Å². The van der Waals surface area contributed by atoms with Crippen LogP contribution in [0, 0.1) is 11.8 Å². The summed E-state index contributed by atoms with van der Waals surface area (Å²) in [5.74, 6) is 2.89. The monoisotopic (exact) mass is 378 g/mol. The average molecular weight is 379 g/mol. The molecule has 1 saturated carbocycles. The molecule has 0 aliphatic heterocycles. The predicted molar refractivity (Wildman–Crippen MR) is 119 cm³/mol. The highest BCUT2D eigenvalue weighted by molar-refractivity contribution is 5.61. The number of aryl methyl sites for hydroxylation is 2. The molecule has 0 saturated heterocycles. The molecule has 1 aromatic heterocycles. The van der Waals surface area contributed by atoms with Gasteiger partial charge in [-0.05, 0) is 42.2 Å². The number of nitrogens with zero attached hydrogens (tertiary/aromatic N) is 2. The number of hydrogen-bond acceptors (Lipinski definition) is 2. The fourth-order valence-electron chi connectivity index (χ4n) is 4.63. The molecule has 0 bridgehead atoms. The van der Waals surface area contributed by atoms with Crippen molar-refractivity contribution in [2.24, 2.45) is 11.8 Å². The molecule has 0 radical (unpaired) electrons. The summed E-state index contributed by atoms with van der Waals surface area (Å²) >= 11 is 0. The van der Waals surface area contributed by atoms with Gasteiger partial charge in [0.15, 0.2) is 0 Å². The van der Waals surface area contributed by atoms with Crippen molar-refractivity contribution in [2.75, 3.05) is 0 Å². The van der Waals surface area contributed by atoms with Crippen LogP contribution in [0.2, 0.25) is 0 Å².